The lowest BCUT2D eigenvalue weighted by Crippen LogP contribution is -2.14. The lowest BCUT2D eigenvalue weighted by Gasteiger charge is -2.12. The summed E-state index contributed by atoms with van der Waals surface area (Å²) in [5.74, 6) is -1.00. The highest BCUT2D eigenvalue weighted by Gasteiger charge is 2.05. The standard InChI is InChI=1S/C10H14N2O2/c1-3-7(2)12-8-4-5-11-9(6-8)10(13)14/h4-7H,3H2,1-2H3,(H,11,12)(H,13,14). The van der Waals surface area contributed by atoms with Crippen molar-refractivity contribution in [1.29, 1.82) is 0 Å². The monoisotopic (exact) mass is 194 g/mol. The second kappa shape index (κ2) is 4.60. The number of aromatic carboxylic acids is 1. The van der Waals surface area contributed by atoms with Crippen LogP contribution in [0.4, 0.5) is 5.69 Å². The van der Waals surface area contributed by atoms with Gasteiger partial charge in [-0.15, -0.1) is 0 Å². The number of aromatic nitrogens is 1. The summed E-state index contributed by atoms with van der Waals surface area (Å²) in [6, 6.07) is 3.63. The Hall–Kier alpha value is -1.58. The molecule has 1 aromatic heterocycles. The number of carbonyl (C=O) groups is 1. The Bertz CT molecular complexity index is 326. The summed E-state index contributed by atoms with van der Waals surface area (Å²) in [5.41, 5.74) is 0.866. The molecule has 2 N–H and O–H groups in total. The molecule has 14 heavy (non-hydrogen) atoms. The van der Waals surface area contributed by atoms with Gasteiger partial charge in [0, 0.05) is 17.9 Å². The van der Waals surface area contributed by atoms with Gasteiger partial charge in [0.15, 0.2) is 0 Å². The van der Waals surface area contributed by atoms with Crippen LogP contribution in [0.1, 0.15) is 30.8 Å². The minimum absolute atomic E-state index is 0.0679. The van der Waals surface area contributed by atoms with Crippen molar-refractivity contribution in [2.45, 2.75) is 26.3 Å². The summed E-state index contributed by atoms with van der Waals surface area (Å²) < 4.78 is 0. The number of anilines is 1. The van der Waals surface area contributed by atoms with Gasteiger partial charge in [-0.2, -0.15) is 0 Å². The highest BCUT2D eigenvalue weighted by Crippen LogP contribution is 2.10. The molecule has 1 unspecified atom stereocenters. The summed E-state index contributed by atoms with van der Waals surface area (Å²) in [6.07, 6.45) is 2.49. The molecule has 0 aromatic carbocycles. The molecule has 0 saturated heterocycles. The quantitative estimate of drug-likeness (QED) is 0.769. The second-order valence-electron chi connectivity index (χ2n) is 3.19. The molecule has 0 aliphatic heterocycles. The number of rotatable bonds is 4. The molecule has 0 radical (unpaired) electrons. The second-order valence-corrected chi connectivity index (χ2v) is 3.19. The normalized spacial score (nSPS) is 12.1. The highest BCUT2D eigenvalue weighted by molar-refractivity contribution is 5.86. The fourth-order valence-electron chi connectivity index (χ4n) is 1.02. The molecule has 0 bridgehead atoms. The lowest BCUT2D eigenvalue weighted by molar-refractivity contribution is 0.0690. The number of hydrogen-bond donors (Lipinski definition) is 2. The summed E-state index contributed by atoms with van der Waals surface area (Å²) in [4.78, 5) is 14.4. The smallest absolute Gasteiger partial charge is 0.354 e. The largest absolute Gasteiger partial charge is 0.477 e. The van der Waals surface area contributed by atoms with Crippen LogP contribution in [0.2, 0.25) is 0 Å². The number of hydrogen-bond acceptors (Lipinski definition) is 3. The van der Waals surface area contributed by atoms with Gasteiger partial charge in [0.05, 0.1) is 0 Å². The topological polar surface area (TPSA) is 62.2 Å². The van der Waals surface area contributed by atoms with Gasteiger partial charge in [-0.25, -0.2) is 9.78 Å². The Labute approximate surface area is 83.0 Å². The molecule has 0 aliphatic carbocycles. The molecule has 0 saturated carbocycles. The van der Waals surface area contributed by atoms with Crippen LogP contribution in [0.25, 0.3) is 0 Å². The molecule has 76 valence electrons. The molecule has 1 heterocycles. The van der Waals surface area contributed by atoms with Crippen molar-refractivity contribution < 1.29 is 9.90 Å². The molecule has 0 fully saturated rings. The molecule has 0 amide bonds. The van der Waals surface area contributed by atoms with E-state index in [0.717, 1.165) is 12.1 Å². The molecule has 1 aromatic rings. The fraction of sp³-hybridized carbons (Fsp3) is 0.400. The fourth-order valence-corrected chi connectivity index (χ4v) is 1.02. The third kappa shape index (κ3) is 2.73. The van der Waals surface area contributed by atoms with Crippen LogP contribution in [0, 0.1) is 0 Å². The van der Waals surface area contributed by atoms with Crippen LogP contribution in [0.15, 0.2) is 18.3 Å². The average molecular weight is 194 g/mol. The van der Waals surface area contributed by atoms with E-state index in [1.165, 1.54) is 12.3 Å². The van der Waals surface area contributed by atoms with Gasteiger partial charge in [0.1, 0.15) is 5.69 Å². The van der Waals surface area contributed by atoms with Crippen LogP contribution in [0.3, 0.4) is 0 Å². The number of nitrogens with one attached hydrogen (secondary N) is 1. The zero-order chi connectivity index (χ0) is 10.6. The van der Waals surface area contributed by atoms with Gasteiger partial charge >= 0.3 is 5.97 Å². The number of pyridine rings is 1. The maximum atomic E-state index is 10.6. The van der Waals surface area contributed by atoms with Crippen LogP contribution >= 0.6 is 0 Å². The van der Waals surface area contributed by atoms with Gasteiger partial charge in [0.25, 0.3) is 0 Å². The number of nitrogens with zero attached hydrogens (tertiary/aromatic N) is 1. The van der Waals surface area contributed by atoms with Crippen molar-refractivity contribution in [2.75, 3.05) is 5.32 Å². The molecule has 0 aliphatic rings. The first kappa shape index (κ1) is 10.5. The minimum atomic E-state index is -1.00. The summed E-state index contributed by atoms with van der Waals surface area (Å²) in [7, 11) is 0. The number of carboxylic acids is 1. The third-order valence-corrected chi connectivity index (χ3v) is 2.00. The van der Waals surface area contributed by atoms with Crippen LogP contribution in [-0.2, 0) is 0 Å². The summed E-state index contributed by atoms with van der Waals surface area (Å²) >= 11 is 0. The van der Waals surface area contributed by atoms with Crippen molar-refractivity contribution in [3.8, 4) is 0 Å². The predicted molar refractivity (Wildman–Crippen MR) is 54.6 cm³/mol. The Balaban J connectivity index is 2.78. The summed E-state index contributed by atoms with van der Waals surface area (Å²) in [6.45, 7) is 4.11. The van der Waals surface area contributed by atoms with Gasteiger partial charge < -0.3 is 10.4 Å². The van der Waals surface area contributed by atoms with Crippen LogP contribution in [0.5, 0.6) is 0 Å². The van der Waals surface area contributed by atoms with E-state index in [0.29, 0.717) is 6.04 Å². The van der Waals surface area contributed by atoms with E-state index < -0.39 is 5.97 Å². The molecule has 4 heteroatoms. The van der Waals surface area contributed by atoms with E-state index in [-0.39, 0.29) is 5.69 Å². The van der Waals surface area contributed by atoms with Crippen molar-refractivity contribution in [3.63, 3.8) is 0 Å². The maximum absolute atomic E-state index is 10.6. The van der Waals surface area contributed by atoms with Crippen molar-refractivity contribution >= 4 is 11.7 Å². The van der Waals surface area contributed by atoms with Gasteiger partial charge in [-0.05, 0) is 25.5 Å². The third-order valence-electron chi connectivity index (χ3n) is 2.00. The van der Waals surface area contributed by atoms with Crippen LogP contribution in [-0.4, -0.2) is 22.1 Å². The molecular formula is C10H14N2O2. The predicted octanol–water partition coefficient (Wildman–Crippen LogP) is 1.99. The molecule has 1 atom stereocenters. The molecule has 1 rings (SSSR count). The Kier molecular flexibility index (Phi) is 3.45. The van der Waals surface area contributed by atoms with E-state index in [2.05, 4.69) is 17.2 Å². The first-order chi connectivity index (χ1) is 6.63. The van der Waals surface area contributed by atoms with Crippen molar-refractivity contribution in [1.82, 2.24) is 4.98 Å². The first-order valence-corrected chi connectivity index (χ1v) is 4.59. The Morgan fingerprint density at radius 3 is 3.00 bits per heavy atom. The van der Waals surface area contributed by atoms with E-state index in [9.17, 15) is 4.79 Å². The Morgan fingerprint density at radius 1 is 1.71 bits per heavy atom. The van der Waals surface area contributed by atoms with Crippen LogP contribution < -0.4 is 5.32 Å². The lowest BCUT2D eigenvalue weighted by atomic mass is 10.2. The van der Waals surface area contributed by atoms with Gasteiger partial charge in [-0.1, -0.05) is 6.92 Å². The molecule has 4 nitrogen and oxygen atoms in total. The van der Waals surface area contributed by atoms with Gasteiger partial charge in [-0.3, -0.25) is 0 Å². The van der Waals surface area contributed by atoms with Gasteiger partial charge in [0.2, 0.25) is 0 Å². The van der Waals surface area contributed by atoms with Crippen molar-refractivity contribution in [2.24, 2.45) is 0 Å². The maximum Gasteiger partial charge on any atom is 0.354 e. The SMILES string of the molecule is CCC(C)Nc1ccnc(C(=O)O)c1. The zero-order valence-electron chi connectivity index (χ0n) is 8.32. The van der Waals surface area contributed by atoms with E-state index in [1.807, 2.05) is 6.92 Å². The molecular weight excluding hydrogens is 180 g/mol. The van der Waals surface area contributed by atoms with E-state index in [4.69, 9.17) is 5.11 Å². The zero-order valence-corrected chi connectivity index (χ0v) is 8.32. The van der Waals surface area contributed by atoms with E-state index in [1.54, 1.807) is 6.07 Å². The number of carboxylic acid groups (broad SMARTS) is 1. The Morgan fingerprint density at radius 2 is 2.43 bits per heavy atom. The summed E-state index contributed by atoms with van der Waals surface area (Å²) in [5, 5.41) is 11.9. The average Bonchev–Trinajstić information content (AvgIpc) is 2.18. The van der Waals surface area contributed by atoms with E-state index >= 15 is 0 Å². The molecule has 0 spiro atoms. The van der Waals surface area contributed by atoms with Crippen molar-refractivity contribution in [3.05, 3.63) is 24.0 Å². The first-order valence-electron chi connectivity index (χ1n) is 4.59. The minimum Gasteiger partial charge on any atom is -0.477 e. The highest BCUT2D eigenvalue weighted by atomic mass is 16.4.